The first kappa shape index (κ1) is 15.7. The molecule has 0 spiro atoms. The van der Waals surface area contributed by atoms with Crippen molar-refractivity contribution in [3.05, 3.63) is 45.6 Å². The number of aryl methyl sites for hydroxylation is 1. The van der Waals surface area contributed by atoms with E-state index in [1.165, 1.54) is 0 Å². The van der Waals surface area contributed by atoms with E-state index in [-0.39, 0.29) is 4.90 Å². The first-order valence-corrected chi connectivity index (χ1v) is 8.98. The maximum atomic E-state index is 12.2. The molecule has 0 fully saturated rings. The van der Waals surface area contributed by atoms with E-state index in [4.69, 9.17) is 0 Å². The average molecular weight is 423 g/mol. The van der Waals surface area contributed by atoms with Crippen LogP contribution in [0.3, 0.4) is 0 Å². The number of aromatic nitrogens is 2. The molecule has 0 aliphatic carbocycles. The summed E-state index contributed by atoms with van der Waals surface area (Å²) in [6.45, 7) is 1.04. The van der Waals surface area contributed by atoms with Crippen molar-refractivity contribution in [3.63, 3.8) is 0 Å². The number of benzene rings is 1. The fourth-order valence-corrected chi connectivity index (χ4v) is 4.22. The van der Waals surface area contributed by atoms with Gasteiger partial charge in [0.1, 0.15) is 0 Å². The minimum atomic E-state index is -3.51. The summed E-state index contributed by atoms with van der Waals surface area (Å²) in [5.74, 6) is 0. The lowest BCUT2D eigenvalue weighted by molar-refractivity contribution is 0.552. The van der Waals surface area contributed by atoms with Gasteiger partial charge >= 0.3 is 0 Å². The Balaban J connectivity index is 1.95. The van der Waals surface area contributed by atoms with Gasteiger partial charge in [0.05, 0.1) is 4.90 Å². The standard InChI is InChI=1S/C12H13Br2N3O2S/c13-10-3-4-11(14)12(9-10)20(18,19)16-6-2-8-17-7-1-5-15-17/h1,3-5,7,9,16H,2,6,8H2. The molecular weight excluding hydrogens is 410 g/mol. The molecule has 0 saturated heterocycles. The summed E-state index contributed by atoms with van der Waals surface area (Å²) in [5.41, 5.74) is 0. The number of rotatable bonds is 6. The number of hydrogen-bond acceptors (Lipinski definition) is 3. The summed E-state index contributed by atoms with van der Waals surface area (Å²) in [6.07, 6.45) is 4.22. The lowest BCUT2D eigenvalue weighted by atomic mass is 10.4. The molecule has 0 unspecified atom stereocenters. The maximum absolute atomic E-state index is 12.2. The van der Waals surface area contributed by atoms with Crippen LogP contribution in [0.2, 0.25) is 0 Å². The van der Waals surface area contributed by atoms with Gasteiger partial charge in [0.2, 0.25) is 10.0 Å². The second-order valence-electron chi connectivity index (χ2n) is 4.10. The zero-order valence-electron chi connectivity index (χ0n) is 10.5. The molecule has 0 saturated carbocycles. The molecule has 0 aliphatic rings. The van der Waals surface area contributed by atoms with Crippen molar-refractivity contribution in [1.82, 2.24) is 14.5 Å². The zero-order valence-corrected chi connectivity index (χ0v) is 14.4. The largest absolute Gasteiger partial charge is 0.273 e. The summed E-state index contributed by atoms with van der Waals surface area (Å²) in [6, 6.07) is 6.88. The Bertz CT molecular complexity index is 672. The van der Waals surface area contributed by atoms with Crippen LogP contribution in [0.15, 0.2) is 50.5 Å². The van der Waals surface area contributed by atoms with Crippen LogP contribution in [0.25, 0.3) is 0 Å². The maximum Gasteiger partial charge on any atom is 0.241 e. The second kappa shape index (κ2) is 6.84. The molecule has 1 aromatic heterocycles. The molecule has 1 heterocycles. The van der Waals surface area contributed by atoms with E-state index < -0.39 is 10.0 Å². The fourth-order valence-electron chi connectivity index (χ4n) is 1.64. The summed E-state index contributed by atoms with van der Waals surface area (Å²) in [4.78, 5) is 0.228. The molecule has 0 bridgehead atoms. The van der Waals surface area contributed by atoms with Crippen molar-refractivity contribution in [2.45, 2.75) is 17.9 Å². The fraction of sp³-hybridized carbons (Fsp3) is 0.250. The van der Waals surface area contributed by atoms with Crippen molar-refractivity contribution < 1.29 is 8.42 Å². The number of hydrogen-bond donors (Lipinski definition) is 1. The molecule has 8 heteroatoms. The van der Waals surface area contributed by atoms with E-state index in [0.29, 0.717) is 24.0 Å². The Morgan fingerprint density at radius 3 is 2.80 bits per heavy atom. The second-order valence-corrected chi connectivity index (χ2v) is 7.60. The number of nitrogens with one attached hydrogen (secondary N) is 1. The molecule has 1 N–H and O–H groups in total. The molecule has 20 heavy (non-hydrogen) atoms. The SMILES string of the molecule is O=S(=O)(NCCCn1cccn1)c1cc(Br)ccc1Br. The normalized spacial score (nSPS) is 11.7. The summed E-state index contributed by atoms with van der Waals surface area (Å²) in [7, 11) is -3.51. The van der Waals surface area contributed by atoms with Gasteiger partial charge in [-0.2, -0.15) is 5.10 Å². The molecule has 108 valence electrons. The molecular formula is C12H13Br2N3O2S. The van der Waals surface area contributed by atoms with Crippen molar-refractivity contribution in [1.29, 1.82) is 0 Å². The average Bonchev–Trinajstić information content (AvgIpc) is 2.90. The minimum Gasteiger partial charge on any atom is -0.273 e. The smallest absolute Gasteiger partial charge is 0.241 e. The highest BCUT2D eigenvalue weighted by Gasteiger charge is 2.17. The summed E-state index contributed by atoms with van der Waals surface area (Å²) in [5, 5.41) is 4.06. The lowest BCUT2D eigenvalue weighted by Crippen LogP contribution is -2.26. The van der Waals surface area contributed by atoms with E-state index in [0.717, 1.165) is 4.47 Å². The van der Waals surface area contributed by atoms with Crippen molar-refractivity contribution in [3.8, 4) is 0 Å². The Morgan fingerprint density at radius 1 is 1.30 bits per heavy atom. The van der Waals surface area contributed by atoms with E-state index in [1.54, 1.807) is 29.1 Å². The highest BCUT2D eigenvalue weighted by Crippen LogP contribution is 2.25. The van der Waals surface area contributed by atoms with Crippen LogP contribution in [-0.4, -0.2) is 24.7 Å². The highest BCUT2D eigenvalue weighted by molar-refractivity contribution is 9.11. The molecule has 0 radical (unpaired) electrons. The van der Waals surface area contributed by atoms with Crippen molar-refractivity contribution >= 4 is 41.9 Å². The van der Waals surface area contributed by atoms with E-state index in [9.17, 15) is 8.42 Å². The topological polar surface area (TPSA) is 64.0 Å². The Hall–Kier alpha value is -0.700. The van der Waals surface area contributed by atoms with Gasteiger partial charge in [-0.3, -0.25) is 4.68 Å². The van der Waals surface area contributed by atoms with Crippen LogP contribution in [0.5, 0.6) is 0 Å². The molecule has 1 aromatic carbocycles. The Labute approximate surface area is 134 Å². The van der Waals surface area contributed by atoms with Gasteiger partial charge in [-0.05, 0) is 46.6 Å². The first-order chi connectivity index (χ1) is 9.49. The molecule has 2 aromatic rings. The molecule has 0 aliphatic heterocycles. The van der Waals surface area contributed by atoms with Crippen LogP contribution < -0.4 is 4.72 Å². The van der Waals surface area contributed by atoms with Crippen LogP contribution in [0.4, 0.5) is 0 Å². The molecule has 0 atom stereocenters. The van der Waals surface area contributed by atoms with Gasteiger partial charge < -0.3 is 0 Å². The van der Waals surface area contributed by atoms with Crippen LogP contribution in [0, 0.1) is 0 Å². The third-order valence-corrected chi connectivity index (χ3v) is 5.55. The summed E-state index contributed by atoms with van der Waals surface area (Å²) < 4.78 is 30.0. The van der Waals surface area contributed by atoms with Gasteiger partial charge in [0.15, 0.2) is 0 Å². The first-order valence-electron chi connectivity index (χ1n) is 5.91. The predicted octanol–water partition coefficient (Wildman–Crippen LogP) is 2.78. The molecule has 5 nitrogen and oxygen atoms in total. The van der Waals surface area contributed by atoms with Gasteiger partial charge in [0, 0.05) is 34.4 Å². The van der Waals surface area contributed by atoms with E-state index in [2.05, 4.69) is 41.7 Å². The third-order valence-electron chi connectivity index (χ3n) is 2.60. The van der Waals surface area contributed by atoms with Gasteiger partial charge in [-0.25, -0.2) is 13.1 Å². The minimum absolute atomic E-state index is 0.228. The quantitative estimate of drug-likeness (QED) is 0.728. The predicted molar refractivity (Wildman–Crippen MR) is 83.9 cm³/mol. The molecule has 0 amide bonds. The number of sulfonamides is 1. The van der Waals surface area contributed by atoms with Crippen LogP contribution in [0.1, 0.15) is 6.42 Å². The monoisotopic (exact) mass is 421 g/mol. The van der Waals surface area contributed by atoms with E-state index >= 15 is 0 Å². The van der Waals surface area contributed by atoms with Crippen LogP contribution in [-0.2, 0) is 16.6 Å². The number of nitrogens with zero attached hydrogens (tertiary/aromatic N) is 2. The number of halogens is 2. The Morgan fingerprint density at radius 2 is 2.10 bits per heavy atom. The van der Waals surface area contributed by atoms with Gasteiger partial charge in [-0.1, -0.05) is 15.9 Å². The highest BCUT2D eigenvalue weighted by atomic mass is 79.9. The Kier molecular flexibility index (Phi) is 5.36. The van der Waals surface area contributed by atoms with Gasteiger partial charge in [0.25, 0.3) is 0 Å². The van der Waals surface area contributed by atoms with E-state index in [1.807, 2.05) is 12.3 Å². The van der Waals surface area contributed by atoms with Crippen LogP contribution >= 0.6 is 31.9 Å². The van der Waals surface area contributed by atoms with Crippen molar-refractivity contribution in [2.75, 3.05) is 6.54 Å². The lowest BCUT2D eigenvalue weighted by Gasteiger charge is -2.09. The van der Waals surface area contributed by atoms with Crippen molar-refractivity contribution in [2.24, 2.45) is 0 Å². The zero-order chi connectivity index (χ0) is 14.6. The van der Waals surface area contributed by atoms with Gasteiger partial charge in [-0.15, -0.1) is 0 Å². The third kappa shape index (κ3) is 4.15. The summed E-state index contributed by atoms with van der Waals surface area (Å²) >= 11 is 6.52. The molecule has 2 rings (SSSR count).